The zero-order valence-electron chi connectivity index (χ0n) is 8.96. The quantitative estimate of drug-likeness (QED) is 0.564. The molecule has 1 aromatic carbocycles. The Labute approximate surface area is 99.4 Å². The number of nitrogens with two attached hydrogens (primary N) is 1. The maximum absolute atomic E-state index is 12.7. The van der Waals surface area contributed by atoms with Crippen LogP contribution in [0, 0.1) is 0 Å². The molecule has 0 fully saturated rings. The third-order valence-corrected chi connectivity index (χ3v) is 2.11. The van der Waals surface area contributed by atoms with E-state index in [9.17, 15) is 22.4 Å². The van der Waals surface area contributed by atoms with Crippen LogP contribution in [0.1, 0.15) is 10.4 Å². The molecule has 4 N–H and O–H groups in total. The fraction of sp³-hybridized carbons (Fsp3) is 0.300. The molecule has 0 spiro atoms. The number of carbonyl (C=O) groups is 1. The van der Waals surface area contributed by atoms with Crippen LogP contribution >= 0.6 is 0 Å². The summed E-state index contributed by atoms with van der Waals surface area (Å²) in [5.74, 6) is -5.64. The second-order valence-electron chi connectivity index (χ2n) is 3.53. The third-order valence-electron chi connectivity index (χ3n) is 2.11. The summed E-state index contributed by atoms with van der Waals surface area (Å²) in [5, 5.41) is 10.8. The normalized spacial score (nSPS) is 11.6. The molecule has 0 saturated heterocycles. The molecule has 0 aromatic heterocycles. The highest BCUT2D eigenvalue weighted by Crippen LogP contribution is 2.25. The second-order valence-corrected chi connectivity index (χ2v) is 3.53. The molecule has 1 aromatic rings. The molecular formula is C10H10F4N2O2. The van der Waals surface area contributed by atoms with E-state index in [1.165, 1.54) is 6.07 Å². The molecule has 0 aliphatic heterocycles. The van der Waals surface area contributed by atoms with Gasteiger partial charge in [-0.05, 0) is 18.2 Å². The van der Waals surface area contributed by atoms with E-state index in [2.05, 4.69) is 0 Å². The first kappa shape index (κ1) is 14.1. The molecule has 0 bridgehead atoms. The van der Waals surface area contributed by atoms with Gasteiger partial charge in [-0.3, -0.25) is 0 Å². The second kappa shape index (κ2) is 5.11. The molecule has 0 atom stereocenters. The lowest BCUT2D eigenvalue weighted by Crippen LogP contribution is -2.35. The molecule has 4 nitrogen and oxygen atoms in total. The first-order valence-corrected chi connectivity index (χ1v) is 4.76. The number of halogens is 4. The Morgan fingerprint density at radius 2 is 2.06 bits per heavy atom. The van der Waals surface area contributed by atoms with Gasteiger partial charge < -0.3 is 16.2 Å². The lowest BCUT2D eigenvalue weighted by atomic mass is 10.1. The number of hydrogen-bond acceptors (Lipinski definition) is 3. The monoisotopic (exact) mass is 266 g/mol. The number of nitrogens with one attached hydrogen (secondary N) is 1. The van der Waals surface area contributed by atoms with Gasteiger partial charge in [-0.15, -0.1) is 0 Å². The molecule has 1 rings (SSSR count). The van der Waals surface area contributed by atoms with Crippen molar-refractivity contribution in [1.82, 2.24) is 0 Å². The number of alkyl halides is 4. The molecule has 0 amide bonds. The maximum atomic E-state index is 12.7. The van der Waals surface area contributed by atoms with Crippen molar-refractivity contribution in [3.8, 4) is 0 Å². The van der Waals surface area contributed by atoms with Crippen LogP contribution in [-0.4, -0.2) is 30.0 Å². The molecule has 0 aliphatic rings. The molecule has 0 radical (unpaired) electrons. The summed E-state index contributed by atoms with van der Waals surface area (Å²) in [6.07, 6.45) is -3.83. The average Bonchev–Trinajstić information content (AvgIpc) is 2.27. The van der Waals surface area contributed by atoms with Crippen molar-refractivity contribution in [2.75, 3.05) is 17.6 Å². The highest BCUT2D eigenvalue weighted by atomic mass is 19.3. The Morgan fingerprint density at radius 1 is 1.44 bits per heavy atom. The van der Waals surface area contributed by atoms with Gasteiger partial charge in [0.15, 0.2) is 0 Å². The molecule has 0 unspecified atom stereocenters. The molecule has 8 heteroatoms. The first-order valence-electron chi connectivity index (χ1n) is 4.76. The smallest absolute Gasteiger partial charge is 0.337 e. The predicted molar refractivity (Wildman–Crippen MR) is 57.3 cm³/mol. The lowest BCUT2D eigenvalue weighted by molar-refractivity contribution is -0.117. The number of carboxylic acids is 1. The van der Waals surface area contributed by atoms with E-state index in [1.807, 2.05) is 5.32 Å². The molecular weight excluding hydrogens is 256 g/mol. The van der Waals surface area contributed by atoms with Gasteiger partial charge in [0.25, 0.3) is 0 Å². The molecule has 0 aliphatic carbocycles. The van der Waals surface area contributed by atoms with Gasteiger partial charge in [0.05, 0.1) is 12.1 Å². The predicted octanol–water partition coefficient (Wildman–Crippen LogP) is 2.28. The van der Waals surface area contributed by atoms with Crippen molar-refractivity contribution < 1.29 is 27.5 Å². The largest absolute Gasteiger partial charge is 0.478 e. The first-order chi connectivity index (χ1) is 8.24. The topological polar surface area (TPSA) is 75.3 Å². The Hall–Kier alpha value is -1.99. The van der Waals surface area contributed by atoms with Crippen molar-refractivity contribution >= 4 is 17.3 Å². The van der Waals surface area contributed by atoms with Crippen molar-refractivity contribution in [2.24, 2.45) is 0 Å². The van der Waals surface area contributed by atoms with Crippen molar-refractivity contribution in [3.05, 3.63) is 23.8 Å². The van der Waals surface area contributed by atoms with E-state index in [1.54, 1.807) is 0 Å². The summed E-state index contributed by atoms with van der Waals surface area (Å²) in [7, 11) is 0. The van der Waals surface area contributed by atoms with Crippen LogP contribution in [0.3, 0.4) is 0 Å². The Bertz CT molecular complexity index is 452. The Morgan fingerprint density at radius 3 is 2.56 bits per heavy atom. The summed E-state index contributed by atoms with van der Waals surface area (Å²) in [6, 6.07) is 3.46. The minimum Gasteiger partial charge on any atom is -0.478 e. The molecule has 0 saturated carbocycles. The molecule has 0 heterocycles. The van der Waals surface area contributed by atoms with Gasteiger partial charge in [0.2, 0.25) is 0 Å². The number of aromatic carboxylic acids is 1. The van der Waals surface area contributed by atoms with Crippen molar-refractivity contribution in [3.63, 3.8) is 0 Å². The van der Waals surface area contributed by atoms with Crippen LogP contribution in [0.15, 0.2) is 18.2 Å². The number of anilines is 2. The fourth-order valence-corrected chi connectivity index (χ4v) is 1.18. The van der Waals surface area contributed by atoms with Crippen LogP contribution in [0.25, 0.3) is 0 Å². The average molecular weight is 266 g/mol. The summed E-state index contributed by atoms with van der Waals surface area (Å²) >= 11 is 0. The van der Waals surface area contributed by atoms with Crippen molar-refractivity contribution in [1.29, 1.82) is 0 Å². The van der Waals surface area contributed by atoms with Crippen LogP contribution in [-0.2, 0) is 0 Å². The Balaban J connectivity index is 2.89. The zero-order chi connectivity index (χ0) is 13.9. The lowest BCUT2D eigenvalue weighted by Gasteiger charge is -2.17. The van der Waals surface area contributed by atoms with Crippen LogP contribution in [0.5, 0.6) is 0 Å². The highest BCUT2D eigenvalue weighted by Gasteiger charge is 2.40. The van der Waals surface area contributed by atoms with Gasteiger partial charge >= 0.3 is 18.3 Å². The minimum absolute atomic E-state index is 0.124. The standard InChI is InChI=1S/C10H10F4N2O2/c11-9(12)10(13,14)4-16-7-2-1-5(15)3-6(7)8(17)18/h1-3,9,16H,4,15H2,(H,17,18). The van der Waals surface area contributed by atoms with Gasteiger partial charge in [-0.25, -0.2) is 13.6 Å². The van der Waals surface area contributed by atoms with Gasteiger partial charge in [-0.1, -0.05) is 0 Å². The summed E-state index contributed by atoms with van der Waals surface area (Å²) in [4.78, 5) is 10.8. The van der Waals surface area contributed by atoms with Crippen molar-refractivity contribution in [2.45, 2.75) is 12.3 Å². The number of hydrogen-bond donors (Lipinski definition) is 3. The number of benzene rings is 1. The van der Waals surface area contributed by atoms with Gasteiger partial charge in [-0.2, -0.15) is 8.78 Å². The summed E-state index contributed by atoms with van der Waals surface area (Å²) in [5.41, 5.74) is 4.90. The van der Waals surface area contributed by atoms with Crippen LogP contribution in [0.4, 0.5) is 28.9 Å². The fourth-order valence-electron chi connectivity index (χ4n) is 1.18. The number of carboxylic acid groups (broad SMARTS) is 1. The van der Waals surface area contributed by atoms with E-state index in [0.717, 1.165) is 12.1 Å². The number of nitrogen functional groups attached to an aromatic ring is 1. The van der Waals surface area contributed by atoms with Crippen LogP contribution in [0.2, 0.25) is 0 Å². The SMILES string of the molecule is Nc1ccc(NCC(F)(F)C(F)F)c(C(=O)O)c1. The van der Waals surface area contributed by atoms with E-state index >= 15 is 0 Å². The van der Waals surface area contributed by atoms with E-state index in [0.29, 0.717) is 0 Å². The molecule has 18 heavy (non-hydrogen) atoms. The minimum atomic E-state index is -4.24. The van der Waals surface area contributed by atoms with E-state index in [4.69, 9.17) is 10.8 Å². The van der Waals surface area contributed by atoms with Gasteiger partial charge in [0, 0.05) is 11.4 Å². The maximum Gasteiger partial charge on any atom is 0.337 e. The zero-order valence-corrected chi connectivity index (χ0v) is 8.96. The third kappa shape index (κ3) is 3.25. The van der Waals surface area contributed by atoms with Gasteiger partial charge in [0.1, 0.15) is 0 Å². The molecule has 100 valence electrons. The van der Waals surface area contributed by atoms with Crippen LogP contribution < -0.4 is 11.1 Å². The number of rotatable bonds is 5. The highest BCUT2D eigenvalue weighted by molar-refractivity contribution is 5.95. The van der Waals surface area contributed by atoms with E-state index < -0.39 is 24.9 Å². The Kier molecular flexibility index (Phi) is 4.00. The summed E-state index contributed by atoms with van der Waals surface area (Å²) < 4.78 is 49.1. The van der Waals surface area contributed by atoms with E-state index in [-0.39, 0.29) is 16.9 Å². The summed E-state index contributed by atoms with van der Waals surface area (Å²) in [6.45, 7) is -1.37.